The molecule has 94 valence electrons. The molecule has 1 aromatic heterocycles. The molecule has 0 amide bonds. The molecule has 1 atom stereocenters. The third-order valence-corrected chi connectivity index (χ3v) is 3.23. The fourth-order valence-corrected chi connectivity index (χ4v) is 2.26. The van der Waals surface area contributed by atoms with E-state index in [2.05, 4.69) is 10.3 Å². The molecule has 0 aromatic carbocycles. The van der Waals surface area contributed by atoms with Crippen LogP contribution in [0.3, 0.4) is 0 Å². The number of pyridine rings is 1. The normalized spacial score (nSPS) is 19.6. The Morgan fingerprint density at radius 2 is 2.35 bits per heavy atom. The molecule has 2 rings (SSSR count). The Kier molecular flexibility index (Phi) is 5.46. The van der Waals surface area contributed by atoms with Gasteiger partial charge in [0.15, 0.2) is 0 Å². The molecule has 0 saturated carbocycles. The maximum absolute atomic E-state index is 5.63. The van der Waals surface area contributed by atoms with E-state index in [0.29, 0.717) is 0 Å². The van der Waals surface area contributed by atoms with Gasteiger partial charge in [-0.3, -0.25) is 4.98 Å². The Bertz CT molecular complexity index is 296. The summed E-state index contributed by atoms with van der Waals surface area (Å²) in [4.78, 5) is 4.27. The van der Waals surface area contributed by atoms with Crippen LogP contribution >= 0.6 is 0 Å². The SMILES string of the molecule is c1ccc(CCOCCCC2CCCN2)nc1. The fraction of sp³-hybridized carbons (Fsp3) is 0.643. The summed E-state index contributed by atoms with van der Waals surface area (Å²) in [7, 11) is 0. The van der Waals surface area contributed by atoms with E-state index < -0.39 is 0 Å². The highest BCUT2D eigenvalue weighted by Gasteiger charge is 2.12. The van der Waals surface area contributed by atoms with Gasteiger partial charge >= 0.3 is 0 Å². The first-order valence-corrected chi connectivity index (χ1v) is 6.66. The molecule has 0 bridgehead atoms. The number of nitrogens with zero attached hydrogens (tertiary/aromatic N) is 1. The highest BCUT2D eigenvalue weighted by Crippen LogP contribution is 2.10. The monoisotopic (exact) mass is 234 g/mol. The molecule has 2 heterocycles. The van der Waals surface area contributed by atoms with Crippen molar-refractivity contribution in [3.05, 3.63) is 30.1 Å². The van der Waals surface area contributed by atoms with Gasteiger partial charge < -0.3 is 10.1 Å². The first-order chi connectivity index (χ1) is 8.45. The van der Waals surface area contributed by atoms with Gasteiger partial charge in [-0.1, -0.05) is 6.07 Å². The summed E-state index contributed by atoms with van der Waals surface area (Å²) in [5, 5.41) is 3.51. The number of nitrogens with one attached hydrogen (secondary N) is 1. The minimum Gasteiger partial charge on any atom is -0.381 e. The summed E-state index contributed by atoms with van der Waals surface area (Å²) in [5.41, 5.74) is 1.12. The Labute approximate surface area is 104 Å². The van der Waals surface area contributed by atoms with Crippen molar-refractivity contribution in [3.8, 4) is 0 Å². The van der Waals surface area contributed by atoms with Gasteiger partial charge in [-0.25, -0.2) is 0 Å². The van der Waals surface area contributed by atoms with Crippen LogP contribution in [0.25, 0.3) is 0 Å². The van der Waals surface area contributed by atoms with E-state index in [9.17, 15) is 0 Å². The van der Waals surface area contributed by atoms with E-state index in [1.165, 1.54) is 32.2 Å². The van der Waals surface area contributed by atoms with Gasteiger partial charge in [0.1, 0.15) is 0 Å². The van der Waals surface area contributed by atoms with Crippen LogP contribution in [0, 0.1) is 0 Å². The van der Waals surface area contributed by atoms with Crippen LogP contribution in [0.5, 0.6) is 0 Å². The maximum Gasteiger partial charge on any atom is 0.0521 e. The molecule has 17 heavy (non-hydrogen) atoms. The molecule has 1 saturated heterocycles. The van der Waals surface area contributed by atoms with E-state index in [1.807, 2.05) is 24.4 Å². The highest BCUT2D eigenvalue weighted by molar-refractivity contribution is 5.03. The summed E-state index contributed by atoms with van der Waals surface area (Å²) < 4.78 is 5.63. The van der Waals surface area contributed by atoms with Crippen molar-refractivity contribution < 1.29 is 4.74 Å². The van der Waals surface area contributed by atoms with Crippen LogP contribution in [0.2, 0.25) is 0 Å². The molecule has 1 aromatic rings. The zero-order valence-corrected chi connectivity index (χ0v) is 10.4. The van der Waals surface area contributed by atoms with Crippen LogP contribution in [0.15, 0.2) is 24.4 Å². The molecule has 0 spiro atoms. The fourth-order valence-electron chi connectivity index (χ4n) is 2.26. The molecule has 1 fully saturated rings. The highest BCUT2D eigenvalue weighted by atomic mass is 16.5. The lowest BCUT2D eigenvalue weighted by Gasteiger charge is -2.09. The second kappa shape index (κ2) is 7.41. The van der Waals surface area contributed by atoms with Crippen LogP contribution in [0.4, 0.5) is 0 Å². The van der Waals surface area contributed by atoms with Crippen molar-refractivity contribution in [1.29, 1.82) is 0 Å². The molecule has 1 aliphatic rings. The number of hydrogen-bond donors (Lipinski definition) is 1. The van der Waals surface area contributed by atoms with Crippen molar-refractivity contribution in [3.63, 3.8) is 0 Å². The van der Waals surface area contributed by atoms with Crippen molar-refractivity contribution in [1.82, 2.24) is 10.3 Å². The summed E-state index contributed by atoms with van der Waals surface area (Å²) in [6.07, 6.45) is 7.85. The first kappa shape index (κ1) is 12.5. The van der Waals surface area contributed by atoms with E-state index in [4.69, 9.17) is 4.74 Å². The van der Waals surface area contributed by atoms with Gasteiger partial charge in [-0.05, 0) is 44.4 Å². The van der Waals surface area contributed by atoms with Gasteiger partial charge in [-0.2, -0.15) is 0 Å². The second-order valence-electron chi connectivity index (χ2n) is 4.62. The summed E-state index contributed by atoms with van der Waals surface area (Å²) in [6.45, 7) is 2.87. The molecule has 0 aliphatic carbocycles. The van der Waals surface area contributed by atoms with Gasteiger partial charge in [0.05, 0.1) is 6.61 Å². The van der Waals surface area contributed by atoms with Crippen molar-refractivity contribution in [2.45, 2.75) is 38.1 Å². The molecule has 1 unspecified atom stereocenters. The van der Waals surface area contributed by atoms with Crippen molar-refractivity contribution >= 4 is 0 Å². The van der Waals surface area contributed by atoms with Gasteiger partial charge in [0, 0.05) is 31.0 Å². The number of hydrogen-bond acceptors (Lipinski definition) is 3. The number of aromatic nitrogens is 1. The Hall–Kier alpha value is -0.930. The minimum absolute atomic E-state index is 0.745. The quantitative estimate of drug-likeness (QED) is 0.734. The Balaban J connectivity index is 1.46. The van der Waals surface area contributed by atoms with Crippen LogP contribution in [-0.4, -0.2) is 30.8 Å². The zero-order chi connectivity index (χ0) is 11.8. The predicted octanol–water partition coefficient (Wildman–Crippen LogP) is 2.17. The van der Waals surface area contributed by atoms with Gasteiger partial charge in [0.2, 0.25) is 0 Å². The standard InChI is InChI=1S/C14H22N2O/c1-2-9-15-14(5-1)8-12-17-11-4-7-13-6-3-10-16-13/h1-2,5,9,13,16H,3-4,6-8,10-12H2. The summed E-state index contributed by atoms with van der Waals surface area (Å²) in [5.74, 6) is 0. The van der Waals surface area contributed by atoms with Crippen LogP contribution in [0.1, 0.15) is 31.4 Å². The lowest BCUT2D eigenvalue weighted by molar-refractivity contribution is 0.131. The van der Waals surface area contributed by atoms with Crippen molar-refractivity contribution in [2.75, 3.05) is 19.8 Å². The Morgan fingerprint density at radius 3 is 3.12 bits per heavy atom. The van der Waals surface area contributed by atoms with E-state index >= 15 is 0 Å². The number of ether oxygens (including phenoxy) is 1. The lowest BCUT2D eigenvalue weighted by Crippen LogP contribution is -2.21. The van der Waals surface area contributed by atoms with E-state index in [0.717, 1.165) is 31.4 Å². The average molecular weight is 234 g/mol. The van der Waals surface area contributed by atoms with Crippen LogP contribution in [-0.2, 0) is 11.2 Å². The molecule has 1 aliphatic heterocycles. The lowest BCUT2D eigenvalue weighted by atomic mass is 10.1. The Morgan fingerprint density at radius 1 is 1.35 bits per heavy atom. The van der Waals surface area contributed by atoms with Gasteiger partial charge in [-0.15, -0.1) is 0 Å². The minimum atomic E-state index is 0.745. The largest absolute Gasteiger partial charge is 0.381 e. The molecular formula is C14H22N2O. The van der Waals surface area contributed by atoms with E-state index in [-0.39, 0.29) is 0 Å². The summed E-state index contributed by atoms with van der Waals surface area (Å²) >= 11 is 0. The second-order valence-corrected chi connectivity index (χ2v) is 4.62. The summed E-state index contributed by atoms with van der Waals surface area (Å²) in [6, 6.07) is 6.76. The van der Waals surface area contributed by atoms with Crippen LogP contribution < -0.4 is 5.32 Å². The van der Waals surface area contributed by atoms with E-state index in [1.54, 1.807) is 0 Å². The first-order valence-electron chi connectivity index (χ1n) is 6.66. The van der Waals surface area contributed by atoms with Crippen molar-refractivity contribution in [2.24, 2.45) is 0 Å². The molecule has 3 nitrogen and oxygen atoms in total. The molecular weight excluding hydrogens is 212 g/mol. The zero-order valence-electron chi connectivity index (χ0n) is 10.4. The third kappa shape index (κ3) is 4.84. The molecule has 3 heteroatoms. The maximum atomic E-state index is 5.63. The smallest absolute Gasteiger partial charge is 0.0521 e. The average Bonchev–Trinajstić information content (AvgIpc) is 2.88. The molecule has 1 N–H and O–H groups in total. The molecule has 0 radical (unpaired) electrons. The number of rotatable bonds is 7. The topological polar surface area (TPSA) is 34.1 Å². The van der Waals surface area contributed by atoms with Gasteiger partial charge in [0.25, 0.3) is 0 Å². The third-order valence-electron chi connectivity index (χ3n) is 3.23. The predicted molar refractivity (Wildman–Crippen MR) is 69.0 cm³/mol.